The fourth-order valence-corrected chi connectivity index (χ4v) is 2.07. The van der Waals surface area contributed by atoms with Gasteiger partial charge in [0.15, 0.2) is 5.82 Å². The van der Waals surface area contributed by atoms with E-state index in [1.54, 1.807) is 0 Å². The summed E-state index contributed by atoms with van der Waals surface area (Å²) in [6.45, 7) is 11.8. The van der Waals surface area contributed by atoms with Crippen molar-refractivity contribution in [1.29, 1.82) is 0 Å². The number of ether oxygens (including phenoxy) is 1. The van der Waals surface area contributed by atoms with Crippen LogP contribution in [0.3, 0.4) is 0 Å². The fourth-order valence-electron chi connectivity index (χ4n) is 2.07. The molecule has 0 aliphatic heterocycles. The Morgan fingerprint density at radius 3 is 2.11 bits per heavy atom. The van der Waals surface area contributed by atoms with E-state index >= 15 is 0 Å². The van der Waals surface area contributed by atoms with Gasteiger partial charge in [0.25, 0.3) is 0 Å². The van der Waals surface area contributed by atoms with Crippen LogP contribution in [0.25, 0.3) is 0 Å². The second kappa shape index (κ2) is 6.81. The van der Waals surface area contributed by atoms with E-state index in [0.717, 1.165) is 23.8 Å². The smallest absolute Gasteiger partial charge is 0.157 e. The maximum Gasteiger partial charge on any atom is 0.157 e. The first kappa shape index (κ1) is 15.1. The second-order valence-electron chi connectivity index (χ2n) is 4.88. The van der Waals surface area contributed by atoms with Gasteiger partial charge in [-0.05, 0) is 33.7 Å². The molecule has 4 heteroatoms. The van der Waals surface area contributed by atoms with E-state index in [2.05, 4.69) is 29.1 Å². The monoisotopic (exact) mass is 251 g/mol. The zero-order valence-corrected chi connectivity index (χ0v) is 12.4. The molecule has 0 amide bonds. The number of aromatic nitrogens is 2. The van der Waals surface area contributed by atoms with Crippen LogP contribution in [0.1, 0.15) is 49.7 Å². The van der Waals surface area contributed by atoms with Gasteiger partial charge in [-0.15, -0.1) is 0 Å². The highest BCUT2D eigenvalue weighted by Crippen LogP contribution is 2.24. The minimum Gasteiger partial charge on any atom is -0.370 e. The standard InChI is InChI=1S/C14H25N3O/c1-7-18-13(9(2)3)14-16-10(4)12(8-15-6)11(5)17-14/h9,13,15H,7-8H2,1-6H3. The quantitative estimate of drug-likeness (QED) is 0.844. The Labute approximate surface area is 110 Å². The number of nitrogens with zero attached hydrogens (tertiary/aromatic N) is 2. The normalized spacial score (nSPS) is 13.1. The third kappa shape index (κ3) is 3.50. The van der Waals surface area contributed by atoms with Gasteiger partial charge in [0.2, 0.25) is 0 Å². The lowest BCUT2D eigenvalue weighted by Crippen LogP contribution is -2.18. The molecule has 0 fully saturated rings. The Morgan fingerprint density at radius 1 is 1.17 bits per heavy atom. The molecule has 1 heterocycles. The molecule has 0 aliphatic rings. The Morgan fingerprint density at radius 2 is 1.72 bits per heavy atom. The average molecular weight is 251 g/mol. The first-order chi connectivity index (χ1) is 8.51. The van der Waals surface area contributed by atoms with Crippen LogP contribution >= 0.6 is 0 Å². The number of nitrogens with one attached hydrogen (secondary N) is 1. The molecular weight excluding hydrogens is 226 g/mol. The van der Waals surface area contributed by atoms with Crippen molar-refractivity contribution in [2.45, 2.75) is 47.3 Å². The number of aryl methyl sites for hydroxylation is 2. The lowest BCUT2D eigenvalue weighted by molar-refractivity contribution is 0.0229. The SMILES string of the molecule is CCOC(c1nc(C)c(CNC)c(C)n1)C(C)C. The van der Waals surface area contributed by atoms with Crippen LogP contribution in [0.15, 0.2) is 0 Å². The van der Waals surface area contributed by atoms with Crippen molar-refractivity contribution in [3.8, 4) is 0 Å². The van der Waals surface area contributed by atoms with Crippen molar-refractivity contribution < 1.29 is 4.74 Å². The van der Waals surface area contributed by atoms with Crippen LogP contribution in [-0.4, -0.2) is 23.6 Å². The molecule has 0 aliphatic carbocycles. The molecule has 1 rings (SSSR count). The zero-order chi connectivity index (χ0) is 13.7. The van der Waals surface area contributed by atoms with Gasteiger partial charge in [0.1, 0.15) is 6.10 Å². The summed E-state index contributed by atoms with van der Waals surface area (Å²) >= 11 is 0. The van der Waals surface area contributed by atoms with Gasteiger partial charge in [-0.3, -0.25) is 0 Å². The highest BCUT2D eigenvalue weighted by atomic mass is 16.5. The summed E-state index contributed by atoms with van der Waals surface area (Å²) in [5.74, 6) is 1.18. The Kier molecular flexibility index (Phi) is 5.69. The summed E-state index contributed by atoms with van der Waals surface area (Å²) in [5, 5.41) is 3.15. The summed E-state index contributed by atoms with van der Waals surface area (Å²) in [5.41, 5.74) is 3.26. The molecular formula is C14H25N3O. The van der Waals surface area contributed by atoms with Crippen LogP contribution in [-0.2, 0) is 11.3 Å². The molecule has 1 aromatic heterocycles. The molecule has 0 spiro atoms. The molecule has 1 N–H and O–H groups in total. The Balaban J connectivity index is 3.10. The fraction of sp³-hybridized carbons (Fsp3) is 0.714. The zero-order valence-electron chi connectivity index (χ0n) is 12.4. The van der Waals surface area contributed by atoms with E-state index in [9.17, 15) is 0 Å². The van der Waals surface area contributed by atoms with Crippen molar-refractivity contribution in [3.63, 3.8) is 0 Å². The number of hydrogen-bond donors (Lipinski definition) is 1. The van der Waals surface area contributed by atoms with Gasteiger partial charge in [-0.1, -0.05) is 13.8 Å². The van der Waals surface area contributed by atoms with Crippen LogP contribution in [0.2, 0.25) is 0 Å². The largest absolute Gasteiger partial charge is 0.370 e. The minimum absolute atomic E-state index is 0.0176. The van der Waals surface area contributed by atoms with Crippen LogP contribution < -0.4 is 5.32 Å². The molecule has 0 saturated heterocycles. The summed E-state index contributed by atoms with van der Waals surface area (Å²) in [4.78, 5) is 9.23. The van der Waals surface area contributed by atoms with Crippen LogP contribution in [0, 0.1) is 19.8 Å². The molecule has 0 radical (unpaired) electrons. The van der Waals surface area contributed by atoms with Crippen LogP contribution in [0.5, 0.6) is 0 Å². The predicted octanol–water partition coefficient (Wildman–Crippen LogP) is 2.55. The molecule has 18 heavy (non-hydrogen) atoms. The van der Waals surface area contributed by atoms with E-state index < -0.39 is 0 Å². The molecule has 1 aromatic rings. The molecule has 102 valence electrons. The molecule has 0 saturated carbocycles. The number of rotatable bonds is 6. The summed E-state index contributed by atoms with van der Waals surface area (Å²) in [7, 11) is 1.93. The van der Waals surface area contributed by atoms with E-state index in [4.69, 9.17) is 4.74 Å². The highest BCUT2D eigenvalue weighted by molar-refractivity contribution is 5.24. The summed E-state index contributed by atoms with van der Waals surface area (Å²) in [6, 6.07) is 0. The first-order valence-electron chi connectivity index (χ1n) is 6.61. The maximum absolute atomic E-state index is 5.76. The topological polar surface area (TPSA) is 47.0 Å². The average Bonchev–Trinajstić information content (AvgIpc) is 2.30. The molecule has 1 atom stereocenters. The molecule has 0 aromatic carbocycles. The predicted molar refractivity (Wildman–Crippen MR) is 73.5 cm³/mol. The third-order valence-corrected chi connectivity index (χ3v) is 3.00. The lowest BCUT2D eigenvalue weighted by Gasteiger charge is -2.21. The highest BCUT2D eigenvalue weighted by Gasteiger charge is 2.20. The van der Waals surface area contributed by atoms with Gasteiger partial charge in [-0.25, -0.2) is 9.97 Å². The van der Waals surface area contributed by atoms with Crippen molar-refractivity contribution in [3.05, 3.63) is 22.8 Å². The lowest BCUT2D eigenvalue weighted by atomic mass is 10.1. The van der Waals surface area contributed by atoms with Gasteiger partial charge in [0.05, 0.1) is 0 Å². The van der Waals surface area contributed by atoms with E-state index in [0.29, 0.717) is 12.5 Å². The second-order valence-corrected chi connectivity index (χ2v) is 4.88. The van der Waals surface area contributed by atoms with Crippen LogP contribution in [0.4, 0.5) is 0 Å². The van der Waals surface area contributed by atoms with E-state index in [-0.39, 0.29) is 6.10 Å². The maximum atomic E-state index is 5.76. The minimum atomic E-state index is -0.0176. The van der Waals surface area contributed by atoms with E-state index in [1.165, 1.54) is 5.56 Å². The van der Waals surface area contributed by atoms with Gasteiger partial charge in [-0.2, -0.15) is 0 Å². The van der Waals surface area contributed by atoms with Gasteiger partial charge in [0, 0.05) is 30.1 Å². The van der Waals surface area contributed by atoms with Crippen molar-refractivity contribution in [1.82, 2.24) is 15.3 Å². The van der Waals surface area contributed by atoms with E-state index in [1.807, 2.05) is 27.8 Å². The Hall–Kier alpha value is -1.00. The Bertz CT molecular complexity index is 368. The van der Waals surface area contributed by atoms with Crippen molar-refractivity contribution in [2.75, 3.05) is 13.7 Å². The summed E-state index contributed by atoms with van der Waals surface area (Å²) < 4.78 is 5.76. The molecule has 1 unspecified atom stereocenters. The molecule has 0 bridgehead atoms. The van der Waals surface area contributed by atoms with Gasteiger partial charge >= 0.3 is 0 Å². The number of hydrogen-bond acceptors (Lipinski definition) is 4. The van der Waals surface area contributed by atoms with Crippen molar-refractivity contribution in [2.24, 2.45) is 5.92 Å². The van der Waals surface area contributed by atoms with Gasteiger partial charge < -0.3 is 10.1 Å². The third-order valence-electron chi connectivity index (χ3n) is 3.00. The first-order valence-corrected chi connectivity index (χ1v) is 6.61. The summed E-state index contributed by atoms with van der Waals surface area (Å²) in [6.07, 6.45) is -0.0176. The van der Waals surface area contributed by atoms with Crippen molar-refractivity contribution >= 4 is 0 Å². The molecule has 4 nitrogen and oxygen atoms in total.